The van der Waals surface area contributed by atoms with E-state index in [1.807, 2.05) is 6.92 Å². The highest BCUT2D eigenvalue weighted by Crippen LogP contribution is 2.20. The second-order valence-corrected chi connectivity index (χ2v) is 3.63. The summed E-state index contributed by atoms with van der Waals surface area (Å²) in [6.45, 7) is 8.04. The van der Waals surface area contributed by atoms with Gasteiger partial charge >= 0.3 is 12.0 Å². The third kappa shape index (κ3) is 2.18. The monoisotopic (exact) mass is 226 g/mol. The van der Waals surface area contributed by atoms with Crippen molar-refractivity contribution in [1.82, 2.24) is 10.2 Å². The van der Waals surface area contributed by atoms with Crippen LogP contribution in [0.3, 0.4) is 0 Å². The van der Waals surface area contributed by atoms with Crippen LogP contribution in [0.1, 0.15) is 27.7 Å². The van der Waals surface area contributed by atoms with Crippen molar-refractivity contribution in [2.45, 2.75) is 33.7 Å². The van der Waals surface area contributed by atoms with Gasteiger partial charge in [-0.1, -0.05) is 0 Å². The molecule has 0 spiro atoms. The fraction of sp³-hybridized carbons (Fsp3) is 0.636. The molecule has 1 rings (SSSR count). The van der Waals surface area contributed by atoms with Crippen LogP contribution in [0, 0.1) is 0 Å². The zero-order valence-corrected chi connectivity index (χ0v) is 10.2. The second-order valence-electron chi connectivity index (χ2n) is 3.63. The summed E-state index contributed by atoms with van der Waals surface area (Å²) in [5, 5.41) is 2.73. The molecule has 5 nitrogen and oxygen atoms in total. The van der Waals surface area contributed by atoms with Gasteiger partial charge in [-0.3, -0.25) is 4.90 Å². The molecule has 1 aliphatic rings. The van der Waals surface area contributed by atoms with Gasteiger partial charge in [0, 0.05) is 12.2 Å². The molecule has 0 saturated carbocycles. The third-order valence-electron chi connectivity index (χ3n) is 2.62. The number of hydrogen-bond acceptors (Lipinski definition) is 3. The Kier molecular flexibility index (Phi) is 3.93. The number of allylic oxidation sites excluding steroid dienone is 1. The Morgan fingerprint density at radius 1 is 1.50 bits per heavy atom. The van der Waals surface area contributed by atoms with E-state index in [1.54, 1.807) is 20.8 Å². The van der Waals surface area contributed by atoms with Crippen LogP contribution in [0.15, 0.2) is 11.3 Å². The summed E-state index contributed by atoms with van der Waals surface area (Å²) in [5.41, 5.74) is 1.21. The van der Waals surface area contributed by atoms with Crippen LogP contribution >= 0.6 is 0 Å². The SMILES string of the molecule is CCOC(=O)C1=C(C)N(CC)C(=O)N[C@H]1C. The van der Waals surface area contributed by atoms with Crippen LogP contribution in [-0.2, 0) is 9.53 Å². The molecule has 1 atom stereocenters. The first-order chi connectivity index (χ1) is 7.52. The molecule has 0 aromatic carbocycles. The van der Waals surface area contributed by atoms with E-state index < -0.39 is 0 Å². The first-order valence-corrected chi connectivity index (χ1v) is 5.48. The molecule has 90 valence electrons. The number of nitrogens with one attached hydrogen (secondary N) is 1. The normalized spacial score (nSPS) is 20.9. The number of rotatable bonds is 3. The van der Waals surface area contributed by atoms with E-state index in [0.717, 1.165) is 0 Å². The summed E-state index contributed by atoms with van der Waals surface area (Å²) in [6.07, 6.45) is 0. The van der Waals surface area contributed by atoms with Crippen LogP contribution in [0.2, 0.25) is 0 Å². The molecule has 16 heavy (non-hydrogen) atoms. The van der Waals surface area contributed by atoms with E-state index in [2.05, 4.69) is 5.32 Å². The number of hydrogen-bond donors (Lipinski definition) is 1. The van der Waals surface area contributed by atoms with Gasteiger partial charge in [-0.25, -0.2) is 9.59 Å². The zero-order valence-electron chi connectivity index (χ0n) is 10.2. The van der Waals surface area contributed by atoms with E-state index >= 15 is 0 Å². The molecule has 1 heterocycles. The van der Waals surface area contributed by atoms with Crippen molar-refractivity contribution >= 4 is 12.0 Å². The molecule has 0 radical (unpaired) electrons. The lowest BCUT2D eigenvalue weighted by atomic mass is 10.0. The van der Waals surface area contributed by atoms with Gasteiger partial charge in [0.05, 0.1) is 18.2 Å². The van der Waals surface area contributed by atoms with E-state index in [9.17, 15) is 9.59 Å². The molecule has 0 fully saturated rings. The second kappa shape index (κ2) is 5.01. The highest BCUT2D eigenvalue weighted by atomic mass is 16.5. The zero-order chi connectivity index (χ0) is 12.3. The minimum atomic E-state index is -0.356. The van der Waals surface area contributed by atoms with Crippen LogP contribution in [0.4, 0.5) is 4.79 Å². The molecule has 0 aliphatic carbocycles. The van der Waals surface area contributed by atoms with Gasteiger partial charge in [-0.15, -0.1) is 0 Å². The van der Waals surface area contributed by atoms with Crippen LogP contribution in [0.5, 0.6) is 0 Å². The molecule has 1 aliphatic heterocycles. The number of carbonyl (C=O) groups is 2. The number of amides is 2. The minimum Gasteiger partial charge on any atom is -0.463 e. The van der Waals surface area contributed by atoms with Gasteiger partial charge in [0.15, 0.2) is 0 Å². The maximum absolute atomic E-state index is 11.7. The van der Waals surface area contributed by atoms with E-state index in [0.29, 0.717) is 24.4 Å². The molecule has 1 N–H and O–H groups in total. The smallest absolute Gasteiger partial charge is 0.337 e. The first-order valence-electron chi connectivity index (χ1n) is 5.48. The molecule has 0 bridgehead atoms. The van der Waals surface area contributed by atoms with Crippen molar-refractivity contribution in [3.63, 3.8) is 0 Å². The van der Waals surface area contributed by atoms with Crippen molar-refractivity contribution in [3.05, 3.63) is 11.3 Å². The summed E-state index contributed by atoms with van der Waals surface area (Å²) in [4.78, 5) is 24.9. The molecule has 0 aromatic rings. The summed E-state index contributed by atoms with van der Waals surface area (Å²) in [6, 6.07) is -0.463. The number of urea groups is 1. The van der Waals surface area contributed by atoms with Crippen molar-refractivity contribution < 1.29 is 14.3 Å². The van der Waals surface area contributed by atoms with Crippen LogP contribution in [0.25, 0.3) is 0 Å². The summed E-state index contributed by atoms with van der Waals surface area (Å²) < 4.78 is 4.98. The topological polar surface area (TPSA) is 58.6 Å². The average Bonchev–Trinajstić information content (AvgIpc) is 2.17. The first kappa shape index (κ1) is 12.5. The molecule has 0 saturated heterocycles. The summed E-state index contributed by atoms with van der Waals surface area (Å²) in [7, 11) is 0. The molecule has 0 unspecified atom stereocenters. The number of nitrogens with zero attached hydrogens (tertiary/aromatic N) is 1. The standard InChI is InChI=1S/C11H18N2O3/c1-5-13-8(4)9(10(14)16-6-2)7(3)12-11(13)15/h7H,5-6H2,1-4H3,(H,12,15)/t7-/m0/s1. The third-order valence-corrected chi connectivity index (χ3v) is 2.62. The predicted octanol–water partition coefficient (Wildman–Crippen LogP) is 1.26. The van der Waals surface area contributed by atoms with Crippen molar-refractivity contribution in [2.75, 3.05) is 13.2 Å². The Balaban J connectivity index is 3.06. The van der Waals surface area contributed by atoms with Crippen molar-refractivity contribution in [1.29, 1.82) is 0 Å². The molecule has 0 aromatic heterocycles. The highest BCUT2D eigenvalue weighted by Gasteiger charge is 2.31. The average molecular weight is 226 g/mol. The Bertz CT molecular complexity index is 336. The van der Waals surface area contributed by atoms with Gasteiger partial charge in [0.2, 0.25) is 0 Å². The van der Waals surface area contributed by atoms with Crippen LogP contribution in [-0.4, -0.2) is 36.1 Å². The van der Waals surface area contributed by atoms with Crippen molar-refractivity contribution in [2.24, 2.45) is 0 Å². The van der Waals surface area contributed by atoms with Gasteiger partial charge in [0.1, 0.15) is 0 Å². The van der Waals surface area contributed by atoms with Crippen LogP contribution < -0.4 is 5.32 Å². The lowest BCUT2D eigenvalue weighted by molar-refractivity contribution is -0.139. The molecular formula is C11H18N2O3. The lowest BCUT2D eigenvalue weighted by Gasteiger charge is -2.32. The Labute approximate surface area is 95.4 Å². The molecule has 2 amide bonds. The lowest BCUT2D eigenvalue weighted by Crippen LogP contribution is -2.50. The van der Waals surface area contributed by atoms with Crippen molar-refractivity contribution in [3.8, 4) is 0 Å². The maximum atomic E-state index is 11.7. The van der Waals surface area contributed by atoms with E-state index in [4.69, 9.17) is 4.74 Å². The van der Waals surface area contributed by atoms with Gasteiger partial charge in [-0.05, 0) is 27.7 Å². The quantitative estimate of drug-likeness (QED) is 0.737. The Morgan fingerprint density at radius 3 is 2.62 bits per heavy atom. The van der Waals surface area contributed by atoms with E-state index in [1.165, 1.54) is 4.90 Å². The fourth-order valence-corrected chi connectivity index (χ4v) is 1.86. The van der Waals surface area contributed by atoms with Gasteiger partial charge < -0.3 is 10.1 Å². The predicted molar refractivity (Wildman–Crippen MR) is 59.7 cm³/mol. The molecular weight excluding hydrogens is 208 g/mol. The molecule has 5 heteroatoms. The maximum Gasteiger partial charge on any atom is 0.337 e. The van der Waals surface area contributed by atoms with Gasteiger partial charge in [-0.2, -0.15) is 0 Å². The number of esters is 1. The summed E-state index contributed by atoms with van der Waals surface area (Å²) >= 11 is 0. The summed E-state index contributed by atoms with van der Waals surface area (Å²) in [5.74, 6) is -0.356. The number of ether oxygens (including phenoxy) is 1. The highest BCUT2D eigenvalue weighted by molar-refractivity contribution is 5.94. The number of carbonyl (C=O) groups excluding carboxylic acids is 2. The van der Waals surface area contributed by atoms with E-state index in [-0.39, 0.29) is 18.0 Å². The Morgan fingerprint density at radius 2 is 2.12 bits per heavy atom. The Hall–Kier alpha value is -1.52. The van der Waals surface area contributed by atoms with Gasteiger partial charge in [0.25, 0.3) is 0 Å². The minimum absolute atomic E-state index is 0.166. The fourth-order valence-electron chi connectivity index (χ4n) is 1.86. The largest absolute Gasteiger partial charge is 0.463 e.